The lowest BCUT2D eigenvalue weighted by molar-refractivity contribution is -0.137. The molecule has 3 rings (SSSR count). The molecule has 44 heavy (non-hydrogen) atoms. The van der Waals surface area contributed by atoms with Crippen LogP contribution < -0.4 is 5.32 Å². The van der Waals surface area contributed by atoms with Crippen LogP contribution in [0.3, 0.4) is 0 Å². The van der Waals surface area contributed by atoms with E-state index in [1.165, 1.54) is 42.5 Å². The Morgan fingerprint density at radius 1 is 0.932 bits per heavy atom. The molecule has 0 bridgehead atoms. The molecule has 0 spiro atoms. The number of aryl methyl sites for hydroxylation is 1. The summed E-state index contributed by atoms with van der Waals surface area (Å²) in [5.41, 5.74) is 0.523. The van der Waals surface area contributed by atoms with Gasteiger partial charge in [-0.2, -0.15) is 13.2 Å². The molecule has 0 aromatic heterocycles. The Kier molecular flexibility index (Phi) is 12.5. The first-order chi connectivity index (χ1) is 20.9. The molecule has 0 saturated heterocycles. The zero-order chi connectivity index (χ0) is 32.3. The third-order valence-corrected chi connectivity index (χ3v) is 6.76. The summed E-state index contributed by atoms with van der Waals surface area (Å²) in [6.07, 6.45) is 2.06. The maximum absolute atomic E-state index is 13.8. The molecule has 0 radical (unpaired) electrons. The second-order valence-corrected chi connectivity index (χ2v) is 10.4. The molecule has 0 aliphatic carbocycles. The van der Waals surface area contributed by atoms with E-state index in [0.29, 0.717) is 29.8 Å². The fourth-order valence-electron chi connectivity index (χ4n) is 4.73. The van der Waals surface area contributed by atoms with Gasteiger partial charge in [0.25, 0.3) is 5.91 Å². The zero-order valence-corrected chi connectivity index (χ0v) is 24.6. The van der Waals surface area contributed by atoms with Gasteiger partial charge in [0.2, 0.25) is 0 Å². The summed E-state index contributed by atoms with van der Waals surface area (Å²) in [5, 5.41) is 3.01. The summed E-state index contributed by atoms with van der Waals surface area (Å²) in [5.74, 6) is -0.0882. The minimum absolute atomic E-state index is 0.0289. The highest BCUT2D eigenvalue weighted by Crippen LogP contribution is 2.29. The number of terminal acetylenes is 1. The SMILES string of the molecule is C#Cc1cc(C(=O)O[C@@H](CCc2cc(F)cc(F)c2)CNCc2cccc(C(F)(F)F)c2)cc(C(=O)N(CCC)CCC)c1. The van der Waals surface area contributed by atoms with E-state index in [4.69, 9.17) is 11.2 Å². The molecule has 0 unspecified atom stereocenters. The molecule has 0 aliphatic heterocycles. The molecule has 10 heteroatoms. The Bertz CT molecular complexity index is 1460. The number of rotatable bonds is 14. The van der Waals surface area contributed by atoms with Crippen molar-refractivity contribution >= 4 is 11.9 Å². The number of amides is 1. The number of carbonyl (C=O) groups excluding carboxylic acids is 2. The molecule has 1 amide bonds. The smallest absolute Gasteiger partial charge is 0.416 e. The molecule has 5 nitrogen and oxygen atoms in total. The van der Waals surface area contributed by atoms with Gasteiger partial charge in [-0.15, -0.1) is 6.42 Å². The van der Waals surface area contributed by atoms with Crippen LogP contribution >= 0.6 is 0 Å². The highest BCUT2D eigenvalue weighted by Gasteiger charge is 2.30. The second kappa shape index (κ2) is 16.0. The van der Waals surface area contributed by atoms with E-state index in [0.717, 1.165) is 31.0 Å². The van der Waals surface area contributed by atoms with E-state index >= 15 is 0 Å². The lowest BCUT2D eigenvalue weighted by Crippen LogP contribution is -2.33. The van der Waals surface area contributed by atoms with Crippen molar-refractivity contribution in [1.82, 2.24) is 10.2 Å². The quantitative estimate of drug-likeness (QED) is 0.119. The average molecular weight is 615 g/mol. The molecule has 3 aromatic carbocycles. The third kappa shape index (κ3) is 10.2. The van der Waals surface area contributed by atoms with Crippen LogP contribution in [0.5, 0.6) is 0 Å². The molecule has 1 N–H and O–H groups in total. The van der Waals surface area contributed by atoms with Crippen LogP contribution in [0.4, 0.5) is 22.0 Å². The van der Waals surface area contributed by atoms with Gasteiger partial charge < -0.3 is 15.0 Å². The van der Waals surface area contributed by atoms with Gasteiger partial charge in [-0.3, -0.25) is 4.79 Å². The Morgan fingerprint density at radius 3 is 2.20 bits per heavy atom. The van der Waals surface area contributed by atoms with Gasteiger partial charge in [0.15, 0.2) is 0 Å². The number of esters is 1. The number of benzene rings is 3. The van der Waals surface area contributed by atoms with Gasteiger partial charge in [-0.25, -0.2) is 13.6 Å². The fraction of sp³-hybridized carbons (Fsp3) is 0.353. The molecule has 234 valence electrons. The monoisotopic (exact) mass is 614 g/mol. The molecule has 3 aromatic rings. The van der Waals surface area contributed by atoms with Crippen molar-refractivity contribution in [3.8, 4) is 12.3 Å². The van der Waals surface area contributed by atoms with Crippen molar-refractivity contribution in [3.63, 3.8) is 0 Å². The summed E-state index contributed by atoms with van der Waals surface area (Å²) in [6, 6.07) is 12.3. The van der Waals surface area contributed by atoms with E-state index in [-0.39, 0.29) is 43.0 Å². The van der Waals surface area contributed by atoms with Crippen LogP contribution in [-0.4, -0.2) is 42.5 Å². The number of carbonyl (C=O) groups is 2. The molecule has 0 aliphatic rings. The highest BCUT2D eigenvalue weighted by molar-refractivity contribution is 5.98. The molecular weight excluding hydrogens is 579 g/mol. The van der Waals surface area contributed by atoms with Gasteiger partial charge in [-0.1, -0.05) is 38.0 Å². The van der Waals surface area contributed by atoms with Crippen LogP contribution in [0.25, 0.3) is 0 Å². The number of nitrogens with zero attached hydrogens (tertiary/aromatic N) is 1. The van der Waals surface area contributed by atoms with Crippen molar-refractivity contribution in [1.29, 1.82) is 0 Å². The Hall–Kier alpha value is -4.23. The molecule has 0 fully saturated rings. The average Bonchev–Trinajstić information content (AvgIpc) is 2.98. The molecule has 1 atom stereocenters. The lowest BCUT2D eigenvalue weighted by atomic mass is 10.0. The first-order valence-electron chi connectivity index (χ1n) is 14.4. The van der Waals surface area contributed by atoms with Crippen LogP contribution in [0.2, 0.25) is 0 Å². The lowest BCUT2D eigenvalue weighted by Gasteiger charge is -2.22. The maximum atomic E-state index is 13.8. The fourth-order valence-corrected chi connectivity index (χ4v) is 4.73. The number of halogens is 5. The van der Waals surface area contributed by atoms with Crippen LogP contribution in [0, 0.1) is 24.0 Å². The summed E-state index contributed by atoms with van der Waals surface area (Å²) >= 11 is 0. The minimum Gasteiger partial charge on any atom is -0.457 e. The largest absolute Gasteiger partial charge is 0.457 e. The number of hydrogen-bond acceptors (Lipinski definition) is 4. The van der Waals surface area contributed by atoms with Gasteiger partial charge >= 0.3 is 12.1 Å². The predicted octanol–water partition coefficient (Wildman–Crippen LogP) is 7.18. The van der Waals surface area contributed by atoms with Crippen molar-refractivity contribution < 1.29 is 36.3 Å². The standard InChI is InChI=1S/C34H35F5N2O3/c1-4-12-41(13-5-2)32(42)26-14-23(6-3)15-27(19-26)33(43)44-31(11-10-24-17-29(35)20-30(36)18-24)22-40-21-25-8-7-9-28(16-25)34(37,38)39/h3,7-9,14-20,31,40H,4-5,10-13,21-22H2,1-2H3/t31-/m0/s1. The van der Waals surface area contributed by atoms with E-state index in [1.54, 1.807) is 4.90 Å². The molecule has 0 saturated carbocycles. The third-order valence-electron chi connectivity index (χ3n) is 6.76. The van der Waals surface area contributed by atoms with Crippen molar-refractivity contribution in [2.24, 2.45) is 0 Å². The zero-order valence-electron chi connectivity index (χ0n) is 24.6. The van der Waals surface area contributed by atoms with Crippen LogP contribution in [-0.2, 0) is 23.9 Å². The Balaban J connectivity index is 1.81. The first-order valence-corrected chi connectivity index (χ1v) is 14.4. The van der Waals surface area contributed by atoms with Crippen molar-refractivity contribution in [3.05, 3.63) is 106 Å². The van der Waals surface area contributed by atoms with E-state index in [9.17, 15) is 31.5 Å². The number of nitrogens with one attached hydrogen (secondary N) is 1. The highest BCUT2D eigenvalue weighted by atomic mass is 19.4. The number of hydrogen-bond donors (Lipinski definition) is 1. The second-order valence-electron chi connectivity index (χ2n) is 10.4. The molecule has 0 heterocycles. The summed E-state index contributed by atoms with van der Waals surface area (Å²) in [7, 11) is 0. The first kappa shape index (κ1) is 34.3. The van der Waals surface area contributed by atoms with Crippen molar-refractivity contribution in [2.45, 2.75) is 58.4 Å². The van der Waals surface area contributed by atoms with E-state index < -0.39 is 35.4 Å². The van der Waals surface area contributed by atoms with Gasteiger partial charge in [0.1, 0.15) is 17.7 Å². The van der Waals surface area contributed by atoms with Gasteiger partial charge in [-0.05, 0) is 73.2 Å². The number of alkyl halides is 3. The van der Waals surface area contributed by atoms with Gasteiger partial charge in [0, 0.05) is 43.4 Å². The summed E-state index contributed by atoms with van der Waals surface area (Å²) in [4.78, 5) is 28.3. The van der Waals surface area contributed by atoms with Crippen LogP contribution in [0.15, 0.2) is 60.7 Å². The maximum Gasteiger partial charge on any atom is 0.416 e. The van der Waals surface area contributed by atoms with Gasteiger partial charge in [0.05, 0.1) is 11.1 Å². The van der Waals surface area contributed by atoms with Crippen LogP contribution in [0.1, 0.15) is 76.1 Å². The predicted molar refractivity (Wildman–Crippen MR) is 158 cm³/mol. The normalized spacial score (nSPS) is 12.0. The Morgan fingerprint density at radius 2 is 1.59 bits per heavy atom. The summed E-state index contributed by atoms with van der Waals surface area (Å²) in [6.45, 7) is 5.05. The number of ether oxygens (including phenoxy) is 1. The summed E-state index contributed by atoms with van der Waals surface area (Å²) < 4.78 is 72.7. The minimum atomic E-state index is -4.49. The molecular formula is C34H35F5N2O3. The van der Waals surface area contributed by atoms with Crippen molar-refractivity contribution in [2.75, 3.05) is 19.6 Å². The van der Waals surface area contributed by atoms with E-state index in [1.807, 2.05) is 13.8 Å². The topological polar surface area (TPSA) is 58.6 Å². The Labute approximate surface area is 254 Å². The van der Waals surface area contributed by atoms with E-state index in [2.05, 4.69) is 11.2 Å².